The number of hydrogen-bond acceptors (Lipinski definition) is 7. The number of carbonyl (C=O) groups excluding carboxylic acids is 1. The molecule has 29 heavy (non-hydrogen) atoms. The summed E-state index contributed by atoms with van der Waals surface area (Å²) in [5, 5.41) is 3.18. The van der Waals surface area contributed by atoms with E-state index in [1.165, 1.54) is 19.4 Å². The van der Waals surface area contributed by atoms with Crippen LogP contribution >= 0.6 is 11.6 Å². The third-order valence-electron chi connectivity index (χ3n) is 4.35. The summed E-state index contributed by atoms with van der Waals surface area (Å²) >= 11 is 5.78. The standard InChI is InChI=1S/C19H22ClFN4O4/c1-12(26)22-4-5-27-16-6-13(7-16)9-28-18-17(21)19(25-11-24-18)29-10-15-3-2-14(20)8-23-15/h2-3,8,11,13,16H,4-7,9-10H2,1H3,(H,22,26). The Morgan fingerprint density at radius 2 is 2.00 bits per heavy atom. The molecular formula is C19H22ClFN4O4. The SMILES string of the molecule is CC(=O)NCCOC1CC(COc2ncnc(OCc3ccc(Cl)cn3)c2F)C1. The van der Waals surface area contributed by atoms with Crippen LogP contribution < -0.4 is 14.8 Å². The number of halogens is 2. The smallest absolute Gasteiger partial charge is 0.258 e. The van der Waals surface area contributed by atoms with E-state index in [0.717, 1.165) is 12.8 Å². The average molecular weight is 425 g/mol. The molecule has 1 saturated carbocycles. The Labute approximate surface area is 172 Å². The molecule has 2 aromatic rings. The van der Waals surface area contributed by atoms with E-state index in [9.17, 15) is 9.18 Å². The van der Waals surface area contributed by atoms with Gasteiger partial charge in [0.1, 0.15) is 12.9 Å². The molecule has 0 aliphatic heterocycles. The van der Waals surface area contributed by atoms with E-state index >= 15 is 0 Å². The van der Waals surface area contributed by atoms with Crippen LogP contribution in [0.15, 0.2) is 24.7 Å². The van der Waals surface area contributed by atoms with E-state index in [1.807, 2.05) is 0 Å². The molecule has 0 spiro atoms. The minimum absolute atomic E-state index is 0.0463. The van der Waals surface area contributed by atoms with Crippen LogP contribution in [0.25, 0.3) is 0 Å². The highest BCUT2D eigenvalue weighted by Crippen LogP contribution is 2.31. The maximum atomic E-state index is 14.5. The van der Waals surface area contributed by atoms with Gasteiger partial charge in [-0.25, -0.2) is 0 Å². The Kier molecular flexibility index (Phi) is 7.54. The summed E-state index contributed by atoms with van der Waals surface area (Å²) in [6, 6.07) is 3.36. The van der Waals surface area contributed by atoms with Gasteiger partial charge >= 0.3 is 0 Å². The number of nitrogens with zero attached hydrogens (tertiary/aromatic N) is 3. The first-order valence-electron chi connectivity index (χ1n) is 9.24. The summed E-state index contributed by atoms with van der Waals surface area (Å²) in [6.07, 6.45) is 4.45. The summed E-state index contributed by atoms with van der Waals surface area (Å²) < 4.78 is 31.0. The van der Waals surface area contributed by atoms with Crippen LogP contribution in [0.5, 0.6) is 11.8 Å². The number of rotatable bonds is 10. The molecule has 2 aromatic heterocycles. The summed E-state index contributed by atoms with van der Waals surface area (Å²) in [5.74, 6) is -0.900. The topological polar surface area (TPSA) is 95.5 Å². The second-order valence-corrected chi connectivity index (χ2v) is 7.12. The van der Waals surface area contributed by atoms with Gasteiger partial charge in [-0.2, -0.15) is 14.4 Å². The fraction of sp³-hybridized carbons (Fsp3) is 0.474. The normalized spacial score (nSPS) is 18.0. The summed E-state index contributed by atoms with van der Waals surface area (Å²) in [7, 11) is 0. The van der Waals surface area contributed by atoms with E-state index in [2.05, 4.69) is 20.3 Å². The Balaban J connectivity index is 1.40. The van der Waals surface area contributed by atoms with E-state index in [1.54, 1.807) is 12.1 Å². The maximum absolute atomic E-state index is 14.5. The molecular weight excluding hydrogens is 403 g/mol. The lowest BCUT2D eigenvalue weighted by atomic mass is 9.83. The lowest BCUT2D eigenvalue weighted by Crippen LogP contribution is -2.37. The molecule has 0 bridgehead atoms. The van der Waals surface area contributed by atoms with Gasteiger partial charge < -0.3 is 19.5 Å². The second-order valence-electron chi connectivity index (χ2n) is 6.68. The lowest BCUT2D eigenvalue weighted by molar-refractivity contribution is -0.119. The molecule has 0 unspecified atom stereocenters. The van der Waals surface area contributed by atoms with Crippen molar-refractivity contribution in [3.05, 3.63) is 41.2 Å². The second kappa shape index (κ2) is 10.3. The molecule has 8 nitrogen and oxygen atoms in total. The molecule has 10 heteroatoms. The molecule has 1 fully saturated rings. The molecule has 0 atom stereocenters. The van der Waals surface area contributed by atoms with Crippen molar-refractivity contribution < 1.29 is 23.4 Å². The largest absolute Gasteiger partial charge is 0.475 e. The molecule has 1 aliphatic rings. The number of hydrogen-bond donors (Lipinski definition) is 1. The minimum Gasteiger partial charge on any atom is -0.475 e. The van der Waals surface area contributed by atoms with Crippen LogP contribution in [0.1, 0.15) is 25.5 Å². The van der Waals surface area contributed by atoms with Crippen molar-refractivity contribution in [1.29, 1.82) is 0 Å². The Bertz CT molecular complexity index is 818. The van der Waals surface area contributed by atoms with E-state index in [0.29, 0.717) is 30.5 Å². The zero-order chi connectivity index (χ0) is 20.6. The molecule has 156 valence electrons. The molecule has 0 radical (unpaired) electrons. The van der Waals surface area contributed by atoms with Crippen molar-refractivity contribution >= 4 is 17.5 Å². The number of nitrogens with one attached hydrogen (secondary N) is 1. The average Bonchev–Trinajstić information content (AvgIpc) is 2.67. The fourth-order valence-corrected chi connectivity index (χ4v) is 2.88. The van der Waals surface area contributed by atoms with Crippen molar-refractivity contribution in [1.82, 2.24) is 20.3 Å². The van der Waals surface area contributed by atoms with Crippen LogP contribution in [-0.2, 0) is 16.1 Å². The molecule has 0 aromatic carbocycles. The van der Waals surface area contributed by atoms with E-state index in [4.69, 9.17) is 25.8 Å². The van der Waals surface area contributed by atoms with Gasteiger partial charge in [-0.3, -0.25) is 9.78 Å². The first kappa shape index (κ1) is 21.2. The fourth-order valence-electron chi connectivity index (χ4n) is 2.77. The molecule has 2 heterocycles. The number of pyridine rings is 1. The van der Waals surface area contributed by atoms with Crippen molar-refractivity contribution in [2.45, 2.75) is 32.5 Å². The van der Waals surface area contributed by atoms with Gasteiger partial charge in [0.15, 0.2) is 0 Å². The van der Waals surface area contributed by atoms with Gasteiger partial charge in [0.25, 0.3) is 11.8 Å². The van der Waals surface area contributed by atoms with Gasteiger partial charge in [0.05, 0.1) is 30.0 Å². The molecule has 1 amide bonds. The van der Waals surface area contributed by atoms with Gasteiger partial charge in [0, 0.05) is 19.7 Å². The molecule has 1 aliphatic carbocycles. The number of carbonyl (C=O) groups is 1. The quantitative estimate of drug-likeness (QED) is 0.585. The molecule has 3 rings (SSSR count). The van der Waals surface area contributed by atoms with Gasteiger partial charge in [-0.05, 0) is 30.9 Å². The van der Waals surface area contributed by atoms with Gasteiger partial charge in [-0.1, -0.05) is 11.6 Å². The van der Waals surface area contributed by atoms with E-state index < -0.39 is 5.82 Å². The van der Waals surface area contributed by atoms with Crippen LogP contribution in [-0.4, -0.2) is 46.7 Å². The third-order valence-corrected chi connectivity index (χ3v) is 4.57. The molecule has 0 saturated heterocycles. The van der Waals surface area contributed by atoms with E-state index in [-0.39, 0.29) is 36.3 Å². The number of amides is 1. The Morgan fingerprint density at radius 3 is 2.69 bits per heavy atom. The highest BCUT2D eigenvalue weighted by atomic mass is 35.5. The van der Waals surface area contributed by atoms with Crippen molar-refractivity contribution in [2.24, 2.45) is 5.92 Å². The van der Waals surface area contributed by atoms with Crippen LogP contribution in [0.4, 0.5) is 4.39 Å². The first-order valence-corrected chi connectivity index (χ1v) is 9.61. The number of ether oxygens (including phenoxy) is 3. The summed E-state index contributed by atoms with van der Waals surface area (Å²) in [6.45, 7) is 2.81. The highest BCUT2D eigenvalue weighted by molar-refractivity contribution is 6.30. The van der Waals surface area contributed by atoms with Gasteiger partial charge in [0.2, 0.25) is 11.7 Å². The first-order chi connectivity index (χ1) is 14.0. The summed E-state index contributed by atoms with van der Waals surface area (Å²) in [5.41, 5.74) is 0.592. The van der Waals surface area contributed by atoms with Crippen molar-refractivity contribution in [3.8, 4) is 11.8 Å². The Morgan fingerprint density at radius 1 is 1.24 bits per heavy atom. The zero-order valence-corrected chi connectivity index (χ0v) is 16.7. The third kappa shape index (κ3) is 6.50. The van der Waals surface area contributed by atoms with Crippen LogP contribution in [0.3, 0.4) is 0 Å². The van der Waals surface area contributed by atoms with Crippen LogP contribution in [0.2, 0.25) is 5.02 Å². The zero-order valence-electron chi connectivity index (χ0n) is 15.9. The van der Waals surface area contributed by atoms with Crippen molar-refractivity contribution in [2.75, 3.05) is 19.8 Å². The maximum Gasteiger partial charge on any atom is 0.258 e. The van der Waals surface area contributed by atoms with Crippen LogP contribution in [0, 0.1) is 11.7 Å². The minimum atomic E-state index is -0.746. The lowest BCUT2D eigenvalue weighted by Gasteiger charge is -2.34. The summed E-state index contributed by atoms with van der Waals surface area (Å²) in [4.78, 5) is 22.5. The van der Waals surface area contributed by atoms with Gasteiger partial charge in [-0.15, -0.1) is 0 Å². The van der Waals surface area contributed by atoms with Crippen molar-refractivity contribution in [3.63, 3.8) is 0 Å². The predicted molar refractivity (Wildman–Crippen MR) is 102 cm³/mol. The monoisotopic (exact) mass is 424 g/mol. The Hall–Kier alpha value is -2.52. The highest BCUT2D eigenvalue weighted by Gasteiger charge is 2.30. The number of aromatic nitrogens is 3. The molecule has 1 N–H and O–H groups in total. The predicted octanol–water partition coefficient (Wildman–Crippen LogP) is 2.55.